The SMILES string of the molecule is CCCCCC(C)([NH3+])S(=O)(=O)[O-]. The Hall–Kier alpha value is -0.130. The minimum absolute atomic E-state index is 0.354. The predicted molar refractivity (Wildman–Crippen MR) is 45.1 cm³/mol. The molecular formula is C7H17NO3S. The van der Waals surface area contributed by atoms with Gasteiger partial charge in [0.25, 0.3) is 0 Å². The molecule has 0 saturated heterocycles. The van der Waals surface area contributed by atoms with Crippen LogP contribution in [0.3, 0.4) is 0 Å². The van der Waals surface area contributed by atoms with E-state index in [1.54, 1.807) is 0 Å². The van der Waals surface area contributed by atoms with Crippen molar-refractivity contribution in [2.75, 3.05) is 0 Å². The van der Waals surface area contributed by atoms with E-state index in [1.807, 2.05) is 6.92 Å². The van der Waals surface area contributed by atoms with Crippen LogP contribution in [0.15, 0.2) is 0 Å². The molecule has 0 aromatic carbocycles. The van der Waals surface area contributed by atoms with Gasteiger partial charge in [-0.3, -0.25) is 0 Å². The molecule has 0 amide bonds. The maximum atomic E-state index is 10.6. The first-order chi connectivity index (χ1) is 5.31. The smallest absolute Gasteiger partial charge is 0.181 e. The van der Waals surface area contributed by atoms with Gasteiger partial charge in [-0.15, -0.1) is 0 Å². The number of hydrogen-bond donors (Lipinski definition) is 1. The second kappa shape index (κ2) is 4.20. The molecule has 0 spiro atoms. The van der Waals surface area contributed by atoms with E-state index in [-0.39, 0.29) is 0 Å². The topological polar surface area (TPSA) is 84.8 Å². The fraction of sp³-hybridized carbons (Fsp3) is 1.00. The molecule has 1 atom stereocenters. The number of unbranched alkanes of at least 4 members (excludes halogenated alkanes) is 2. The quantitative estimate of drug-likeness (QED) is 0.497. The van der Waals surface area contributed by atoms with Crippen LogP contribution in [0.2, 0.25) is 0 Å². The maximum absolute atomic E-state index is 10.6. The Morgan fingerprint density at radius 3 is 2.25 bits per heavy atom. The van der Waals surface area contributed by atoms with Gasteiger partial charge in [-0.05, 0) is 6.42 Å². The normalized spacial score (nSPS) is 17.3. The summed E-state index contributed by atoms with van der Waals surface area (Å²) in [6.45, 7) is 3.40. The van der Waals surface area contributed by atoms with Gasteiger partial charge in [0.1, 0.15) is 0 Å². The Labute approximate surface area is 73.9 Å². The molecule has 0 fully saturated rings. The van der Waals surface area contributed by atoms with Gasteiger partial charge in [-0.25, -0.2) is 8.42 Å². The standard InChI is InChI=1S/C7H17NO3S/c1-3-4-5-6-7(2,8)12(9,10)11/h3-6,8H2,1-2H3,(H,9,10,11). The Balaban J connectivity index is 4.06. The molecule has 0 bridgehead atoms. The lowest BCUT2D eigenvalue weighted by molar-refractivity contribution is -0.439. The first-order valence-electron chi connectivity index (χ1n) is 4.12. The molecule has 0 aromatic rings. The van der Waals surface area contributed by atoms with Crippen molar-refractivity contribution in [2.24, 2.45) is 0 Å². The molecule has 0 rings (SSSR count). The molecular weight excluding hydrogens is 178 g/mol. The molecule has 0 heterocycles. The fourth-order valence-corrected chi connectivity index (χ4v) is 1.27. The largest absolute Gasteiger partial charge is 0.743 e. The van der Waals surface area contributed by atoms with Crippen LogP contribution < -0.4 is 5.73 Å². The highest BCUT2D eigenvalue weighted by Gasteiger charge is 2.29. The third-order valence-electron chi connectivity index (χ3n) is 1.91. The van der Waals surface area contributed by atoms with Gasteiger partial charge in [0.05, 0.1) is 0 Å². The summed E-state index contributed by atoms with van der Waals surface area (Å²) >= 11 is 0. The monoisotopic (exact) mass is 195 g/mol. The van der Waals surface area contributed by atoms with E-state index in [0.717, 1.165) is 19.3 Å². The van der Waals surface area contributed by atoms with Crippen LogP contribution in [-0.4, -0.2) is 17.8 Å². The highest BCUT2D eigenvalue weighted by atomic mass is 32.2. The lowest BCUT2D eigenvalue weighted by Crippen LogP contribution is -2.74. The summed E-state index contributed by atoms with van der Waals surface area (Å²) in [7, 11) is -4.24. The van der Waals surface area contributed by atoms with Crippen molar-refractivity contribution in [2.45, 2.75) is 44.4 Å². The minimum atomic E-state index is -4.24. The van der Waals surface area contributed by atoms with E-state index in [9.17, 15) is 13.0 Å². The van der Waals surface area contributed by atoms with Gasteiger partial charge in [-0.1, -0.05) is 19.8 Å². The van der Waals surface area contributed by atoms with Crippen molar-refractivity contribution in [3.05, 3.63) is 0 Å². The minimum Gasteiger partial charge on any atom is -0.743 e. The van der Waals surface area contributed by atoms with Crippen molar-refractivity contribution in [1.82, 2.24) is 0 Å². The molecule has 0 saturated carbocycles. The van der Waals surface area contributed by atoms with Crippen LogP contribution in [0.4, 0.5) is 0 Å². The van der Waals surface area contributed by atoms with Gasteiger partial charge in [0.2, 0.25) is 0 Å². The zero-order valence-corrected chi connectivity index (χ0v) is 8.49. The van der Waals surface area contributed by atoms with Crippen molar-refractivity contribution >= 4 is 10.1 Å². The van der Waals surface area contributed by atoms with Crippen molar-refractivity contribution in [3.63, 3.8) is 0 Å². The molecule has 0 aliphatic heterocycles. The lowest BCUT2D eigenvalue weighted by atomic mass is 10.1. The van der Waals surface area contributed by atoms with Crippen LogP contribution >= 0.6 is 0 Å². The van der Waals surface area contributed by atoms with Gasteiger partial charge >= 0.3 is 0 Å². The summed E-state index contributed by atoms with van der Waals surface area (Å²) in [5.74, 6) is 0. The van der Waals surface area contributed by atoms with E-state index in [0.29, 0.717) is 6.42 Å². The van der Waals surface area contributed by atoms with E-state index in [4.69, 9.17) is 0 Å². The third kappa shape index (κ3) is 3.51. The molecule has 4 nitrogen and oxygen atoms in total. The highest BCUT2D eigenvalue weighted by Crippen LogP contribution is 2.14. The van der Waals surface area contributed by atoms with Gasteiger partial charge in [-0.2, -0.15) is 0 Å². The second-order valence-electron chi connectivity index (χ2n) is 3.36. The summed E-state index contributed by atoms with van der Waals surface area (Å²) in [4.78, 5) is -1.35. The predicted octanol–water partition coefficient (Wildman–Crippen LogP) is 0.0700. The van der Waals surface area contributed by atoms with Crippen LogP contribution in [0.25, 0.3) is 0 Å². The van der Waals surface area contributed by atoms with E-state index < -0.39 is 15.0 Å². The number of hydrogen-bond acceptors (Lipinski definition) is 3. The highest BCUT2D eigenvalue weighted by molar-refractivity contribution is 7.86. The van der Waals surface area contributed by atoms with Gasteiger partial charge in [0, 0.05) is 13.3 Å². The summed E-state index contributed by atoms with van der Waals surface area (Å²) in [5, 5.41) is 0. The molecule has 1 unspecified atom stereocenters. The average Bonchev–Trinajstić information content (AvgIpc) is 1.85. The number of rotatable bonds is 5. The summed E-state index contributed by atoms with van der Waals surface area (Å²) < 4.78 is 31.9. The van der Waals surface area contributed by atoms with Crippen LogP contribution in [-0.2, 0) is 10.1 Å². The van der Waals surface area contributed by atoms with E-state index in [2.05, 4.69) is 5.73 Å². The lowest BCUT2D eigenvalue weighted by Gasteiger charge is -2.23. The Morgan fingerprint density at radius 1 is 1.42 bits per heavy atom. The van der Waals surface area contributed by atoms with E-state index >= 15 is 0 Å². The maximum Gasteiger partial charge on any atom is 0.181 e. The zero-order valence-electron chi connectivity index (χ0n) is 7.67. The molecule has 5 heteroatoms. The molecule has 0 radical (unpaired) electrons. The molecule has 3 N–H and O–H groups in total. The van der Waals surface area contributed by atoms with E-state index in [1.165, 1.54) is 6.92 Å². The molecule has 0 aromatic heterocycles. The first-order valence-corrected chi connectivity index (χ1v) is 5.53. The zero-order chi connectivity index (χ0) is 9.83. The molecule has 74 valence electrons. The average molecular weight is 195 g/mol. The molecule has 0 aliphatic carbocycles. The summed E-state index contributed by atoms with van der Waals surface area (Å²) in [6, 6.07) is 0. The third-order valence-corrected chi connectivity index (χ3v) is 3.32. The van der Waals surface area contributed by atoms with Crippen molar-refractivity contribution in [1.29, 1.82) is 0 Å². The Bertz CT molecular complexity index is 221. The van der Waals surface area contributed by atoms with Crippen molar-refractivity contribution in [3.8, 4) is 0 Å². The molecule has 0 aliphatic rings. The molecule has 12 heavy (non-hydrogen) atoms. The summed E-state index contributed by atoms with van der Waals surface area (Å²) in [6.07, 6.45) is 3.06. The Kier molecular flexibility index (Phi) is 4.16. The summed E-state index contributed by atoms with van der Waals surface area (Å²) in [5.41, 5.74) is 3.41. The van der Waals surface area contributed by atoms with Crippen molar-refractivity contribution < 1.29 is 18.7 Å². The van der Waals surface area contributed by atoms with Crippen LogP contribution in [0.1, 0.15) is 39.5 Å². The Morgan fingerprint density at radius 2 is 1.92 bits per heavy atom. The van der Waals surface area contributed by atoms with Gasteiger partial charge in [0.15, 0.2) is 15.0 Å². The second-order valence-corrected chi connectivity index (χ2v) is 5.25. The van der Waals surface area contributed by atoms with Gasteiger partial charge < -0.3 is 10.3 Å². The first kappa shape index (κ1) is 11.9. The van der Waals surface area contributed by atoms with Crippen LogP contribution in [0.5, 0.6) is 0 Å². The number of quaternary nitrogens is 1. The van der Waals surface area contributed by atoms with Crippen LogP contribution in [0, 0.1) is 0 Å². The fourth-order valence-electron chi connectivity index (χ4n) is 0.874.